The van der Waals surface area contributed by atoms with Gasteiger partial charge in [0.1, 0.15) is 0 Å². The second-order valence-corrected chi connectivity index (χ2v) is 0. The van der Waals surface area contributed by atoms with Gasteiger partial charge in [-0.15, -0.1) is 0 Å². The van der Waals surface area contributed by atoms with Crippen molar-refractivity contribution in [3.63, 3.8) is 0 Å². The van der Waals surface area contributed by atoms with Gasteiger partial charge in [0.25, 0.3) is 0 Å². The molecule has 0 unspecified atom stereocenters. The third kappa shape index (κ3) is 41.1. The Balaban J connectivity index is -0.00000000114. The van der Waals surface area contributed by atoms with E-state index in [1.54, 1.807) is 0 Å². The maximum absolute atomic E-state index is 2.00. The van der Waals surface area contributed by atoms with E-state index in [4.69, 9.17) is 0 Å². The third-order valence-corrected chi connectivity index (χ3v) is 0. The topological polar surface area (TPSA) is 0 Å². The molecule has 0 aromatic carbocycles. The van der Waals surface area contributed by atoms with Gasteiger partial charge in [-0.25, -0.2) is 0 Å². The Labute approximate surface area is 92.2 Å². The predicted molar refractivity (Wildman–Crippen MR) is 31.8 cm³/mol. The summed E-state index contributed by atoms with van der Waals surface area (Å²) in [5.74, 6) is 0. The Morgan fingerprint density at radius 1 is 0.833 bits per heavy atom. The van der Waals surface area contributed by atoms with Crippen molar-refractivity contribution in [2.75, 3.05) is 0 Å². The minimum atomic E-state index is 0. The van der Waals surface area contributed by atoms with Crippen molar-refractivity contribution < 1.29 is 55.7 Å². The van der Waals surface area contributed by atoms with E-state index in [-0.39, 0.29) is 65.8 Å². The second kappa shape index (κ2) is 70.4. The van der Waals surface area contributed by atoms with Gasteiger partial charge >= 0.3 is 61.5 Å². The SMILES string of the molecule is CC.CC.[Be+2].[H-].[H-].[H-].[K+]. The summed E-state index contributed by atoms with van der Waals surface area (Å²) in [5.41, 5.74) is 0. The molecule has 0 aromatic heterocycles. The van der Waals surface area contributed by atoms with Crippen LogP contribution in [-0.4, -0.2) is 10.1 Å². The van der Waals surface area contributed by atoms with Gasteiger partial charge in [-0.05, 0) is 0 Å². The van der Waals surface area contributed by atoms with Crippen molar-refractivity contribution in [1.29, 1.82) is 0 Å². The summed E-state index contributed by atoms with van der Waals surface area (Å²) in [7, 11) is 0. The summed E-state index contributed by atoms with van der Waals surface area (Å²) in [6.07, 6.45) is 0. The average Bonchev–Trinajstić information content (AvgIpc) is 1.50. The molecule has 6 heavy (non-hydrogen) atoms. The molecule has 2 heteroatoms. The van der Waals surface area contributed by atoms with Crippen LogP contribution in [0.5, 0.6) is 0 Å². The van der Waals surface area contributed by atoms with E-state index in [0.29, 0.717) is 0 Å². The maximum atomic E-state index is 2.00. The molecule has 0 atom stereocenters. The van der Waals surface area contributed by atoms with Crippen LogP contribution in [0.3, 0.4) is 0 Å². The minimum absolute atomic E-state index is 0. The first-order chi connectivity index (χ1) is 2.00. The van der Waals surface area contributed by atoms with Crippen LogP contribution in [0, 0.1) is 0 Å². The first-order valence-corrected chi connectivity index (χ1v) is 2.00. The van der Waals surface area contributed by atoms with E-state index in [2.05, 4.69) is 0 Å². The summed E-state index contributed by atoms with van der Waals surface area (Å²) in [6.45, 7) is 8.00. The summed E-state index contributed by atoms with van der Waals surface area (Å²) in [6, 6.07) is 0. The van der Waals surface area contributed by atoms with Gasteiger partial charge in [0, 0.05) is 0 Å². The fraction of sp³-hybridized carbons (Fsp3) is 1.00. The van der Waals surface area contributed by atoms with Gasteiger partial charge in [-0.3, -0.25) is 0 Å². The molecule has 0 nitrogen and oxygen atoms in total. The molecule has 0 aromatic rings. The third-order valence-electron chi connectivity index (χ3n) is 0. The van der Waals surface area contributed by atoms with Gasteiger partial charge in [-0.2, -0.15) is 0 Å². The first kappa shape index (κ1) is 25.0. The van der Waals surface area contributed by atoms with Crippen LogP contribution >= 0.6 is 0 Å². The van der Waals surface area contributed by atoms with Gasteiger partial charge in [0.15, 0.2) is 0 Å². The van der Waals surface area contributed by atoms with Crippen LogP contribution in [0.1, 0.15) is 32.0 Å². The van der Waals surface area contributed by atoms with Crippen molar-refractivity contribution in [3.8, 4) is 0 Å². The molecule has 0 aliphatic heterocycles. The maximum Gasteiger partial charge on any atom is 2.00 e. The summed E-state index contributed by atoms with van der Waals surface area (Å²) >= 11 is 0. The standard InChI is InChI=1S/2C2H6.Be.K.3H/c2*1-2;;;;;/h2*1-2H3;;;;;/q;;+2;+1;3*-1. The predicted octanol–water partition coefficient (Wildman–Crippen LogP) is -0.987. The number of hydrogen-bond donors (Lipinski definition) is 0. The Bertz CT molecular complexity index is 15.8. The summed E-state index contributed by atoms with van der Waals surface area (Å²) in [4.78, 5) is 0. The summed E-state index contributed by atoms with van der Waals surface area (Å²) < 4.78 is 0. The zero-order chi connectivity index (χ0) is 4.00. The number of hydrogen-bond acceptors (Lipinski definition) is 0. The Kier molecular flexibility index (Phi) is 293. The Hall–Kier alpha value is 1.81. The molecular weight excluding hydrogens is 96.2 g/mol. The van der Waals surface area contributed by atoms with Gasteiger partial charge < -0.3 is 4.28 Å². The molecule has 0 spiro atoms. The molecule has 0 rings (SSSR count). The zero-order valence-corrected chi connectivity index (χ0v) is 8.83. The molecule has 0 amide bonds. The normalized spacial score (nSPS) is 2.00. The molecular formula is C4H15BeK. The van der Waals surface area contributed by atoms with Crippen molar-refractivity contribution >= 4 is 10.1 Å². The molecule has 0 bridgehead atoms. The molecule has 34 valence electrons. The van der Waals surface area contributed by atoms with E-state index >= 15 is 0 Å². The molecule has 0 N–H and O–H groups in total. The Morgan fingerprint density at radius 3 is 0.833 bits per heavy atom. The van der Waals surface area contributed by atoms with Crippen LogP contribution < -0.4 is 51.4 Å². The van der Waals surface area contributed by atoms with E-state index in [0.717, 1.165) is 0 Å². The average molecular weight is 111 g/mol. The molecule has 0 aliphatic carbocycles. The monoisotopic (exact) mass is 111 g/mol. The minimum Gasteiger partial charge on any atom is -1.00 e. The van der Waals surface area contributed by atoms with Gasteiger partial charge in [-0.1, -0.05) is 27.7 Å². The van der Waals surface area contributed by atoms with E-state index in [1.165, 1.54) is 0 Å². The van der Waals surface area contributed by atoms with Crippen molar-refractivity contribution in [2.45, 2.75) is 27.7 Å². The molecule has 0 saturated heterocycles. The van der Waals surface area contributed by atoms with E-state index in [1.807, 2.05) is 27.7 Å². The van der Waals surface area contributed by atoms with Gasteiger partial charge in [0.05, 0.1) is 0 Å². The smallest absolute Gasteiger partial charge is 1.00 e. The molecule has 0 saturated carbocycles. The molecule has 0 aliphatic rings. The van der Waals surface area contributed by atoms with E-state index < -0.39 is 0 Å². The molecule has 0 radical (unpaired) electrons. The van der Waals surface area contributed by atoms with Gasteiger partial charge in [0.2, 0.25) is 0 Å². The van der Waals surface area contributed by atoms with Crippen LogP contribution in [0.15, 0.2) is 0 Å². The number of rotatable bonds is 0. The van der Waals surface area contributed by atoms with E-state index in [9.17, 15) is 0 Å². The van der Waals surface area contributed by atoms with Crippen LogP contribution in [-0.2, 0) is 0 Å². The first-order valence-electron chi connectivity index (χ1n) is 2.00. The second-order valence-electron chi connectivity index (χ2n) is 0. The van der Waals surface area contributed by atoms with Crippen molar-refractivity contribution in [2.24, 2.45) is 0 Å². The molecule has 0 heterocycles. The van der Waals surface area contributed by atoms with Crippen LogP contribution in [0.4, 0.5) is 0 Å². The fourth-order valence-electron chi connectivity index (χ4n) is 0. The largest absolute Gasteiger partial charge is 2.00 e. The summed E-state index contributed by atoms with van der Waals surface area (Å²) in [5, 5.41) is 0. The quantitative estimate of drug-likeness (QED) is 0.352. The Morgan fingerprint density at radius 2 is 0.833 bits per heavy atom. The van der Waals surface area contributed by atoms with Crippen LogP contribution in [0.2, 0.25) is 0 Å². The van der Waals surface area contributed by atoms with Crippen LogP contribution in [0.25, 0.3) is 0 Å². The fourth-order valence-corrected chi connectivity index (χ4v) is 0. The van der Waals surface area contributed by atoms with Crippen molar-refractivity contribution in [3.05, 3.63) is 0 Å². The zero-order valence-electron chi connectivity index (χ0n) is 8.71. The van der Waals surface area contributed by atoms with Crippen molar-refractivity contribution in [1.82, 2.24) is 0 Å². The molecule has 0 fully saturated rings.